The predicted octanol–water partition coefficient (Wildman–Crippen LogP) is 2.89. The van der Waals surface area contributed by atoms with E-state index in [0.29, 0.717) is 0 Å². The highest BCUT2D eigenvalue weighted by molar-refractivity contribution is 4.86. The number of piperidine rings is 1. The average molecular weight is 238 g/mol. The van der Waals surface area contributed by atoms with Crippen LogP contribution >= 0.6 is 0 Å². The summed E-state index contributed by atoms with van der Waals surface area (Å²) in [6, 6.07) is 1.61. The van der Waals surface area contributed by atoms with Crippen molar-refractivity contribution in [2.24, 2.45) is 11.8 Å². The topological polar surface area (TPSA) is 15.3 Å². The van der Waals surface area contributed by atoms with Gasteiger partial charge in [-0.25, -0.2) is 0 Å². The van der Waals surface area contributed by atoms with Crippen molar-refractivity contribution in [1.82, 2.24) is 10.2 Å². The molecule has 2 heteroatoms. The number of nitrogens with one attached hydrogen (secondary N) is 1. The molecule has 1 atom stereocenters. The highest BCUT2D eigenvalue weighted by Gasteiger charge is 2.28. The first kappa shape index (κ1) is 13.4. The van der Waals surface area contributed by atoms with Gasteiger partial charge in [0.2, 0.25) is 0 Å². The van der Waals surface area contributed by atoms with Crippen LogP contribution in [0.1, 0.15) is 52.9 Å². The van der Waals surface area contributed by atoms with Gasteiger partial charge in [-0.2, -0.15) is 0 Å². The van der Waals surface area contributed by atoms with Crippen LogP contribution in [0, 0.1) is 11.8 Å². The fourth-order valence-corrected chi connectivity index (χ4v) is 3.05. The van der Waals surface area contributed by atoms with Gasteiger partial charge in [-0.15, -0.1) is 0 Å². The van der Waals surface area contributed by atoms with Gasteiger partial charge in [0.1, 0.15) is 0 Å². The second kappa shape index (κ2) is 6.19. The first-order chi connectivity index (χ1) is 8.20. The van der Waals surface area contributed by atoms with E-state index in [2.05, 4.69) is 31.0 Å². The molecule has 1 saturated heterocycles. The summed E-state index contributed by atoms with van der Waals surface area (Å²) in [5, 5.41) is 3.72. The van der Waals surface area contributed by atoms with Crippen molar-refractivity contribution in [1.29, 1.82) is 0 Å². The highest BCUT2D eigenvalue weighted by Crippen LogP contribution is 2.24. The molecule has 0 aromatic carbocycles. The van der Waals surface area contributed by atoms with Gasteiger partial charge in [-0.3, -0.25) is 4.90 Å². The summed E-state index contributed by atoms with van der Waals surface area (Å²) in [5.41, 5.74) is 0. The van der Waals surface area contributed by atoms with Crippen LogP contribution in [0.5, 0.6) is 0 Å². The molecule has 100 valence electrons. The van der Waals surface area contributed by atoms with Crippen molar-refractivity contribution in [2.75, 3.05) is 19.6 Å². The van der Waals surface area contributed by atoms with Crippen molar-refractivity contribution < 1.29 is 0 Å². The van der Waals surface area contributed by atoms with E-state index < -0.39 is 0 Å². The third-order valence-electron chi connectivity index (χ3n) is 4.66. The predicted molar refractivity (Wildman–Crippen MR) is 74.2 cm³/mol. The number of hydrogen-bond acceptors (Lipinski definition) is 2. The third-order valence-corrected chi connectivity index (χ3v) is 4.66. The Kier molecular flexibility index (Phi) is 4.87. The number of hydrogen-bond donors (Lipinski definition) is 1. The number of nitrogens with zero attached hydrogens (tertiary/aromatic N) is 1. The van der Waals surface area contributed by atoms with E-state index in [-0.39, 0.29) is 0 Å². The molecule has 0 radical (unpaired) electrons. The minimum absolute atomic E-state index is 0.758. The zero-order valence-electron chi connectivity index (χ0n) is 11.9. The Labute approximate surface area is 107 Å². The largest absolute Gasteiger partial charge is 0.312 e. The average Bonchev–Trinajstić information content (AvgIpc) is 3.14. The lowest BCUT2D eigenvalue weighted by Crippen LogP contribution is -2.49. The SMILES string of the molecule is CCC1CCN(C(CNC2CC2)C(C)C)CC1. The van der Waals surface area contributed by atoms with Gasteiger partial charge in [0.05, 0.1) is 0 Å². The van der Waals surface area contributed by atoms with Crippen molar-refractivity contribution in [3.63, 3.8) is 0 Å². The molecule has 0 amide bonds. The maximum Gasteiger partial charge on any atom is 0.0243 e. The van der Waals surface area contributed by atoms with Gasteiger partial charge in [0, 0.05) is 18.6 Å². The summed E-state index contributed by atoms with van der Waals surface area (Å²) in [6.45, 7) is 11.0. The molecule has 17 heavy (non-hydrogen) atoms. The zero-order valence-corrected chi connectivity index (χ0v) is 11.9. The maximum atomic E-state index is 3.72. The standard InChI is InChI=1S/C15H30N2/c1-4-13-7-9-17(10-8-13)15(12(2)3)11-16-14-5-6-14/h12-16H,4-11H2,1-3H3. The van der Waals surface area contributed by atoms with Gasteiger partial charge in [-0.05, 0) is 50.6 Å². The van der Waals surface area contributed by atoms with Gasteiger partial charge in [0.25, 0.3) is 0 Å². The lowest BCUT2D eigenvalue weighted by atomic mass is 9.91. The molecule has 2 nitrogen and oxygen atoms in total. The molecule has 0 bridgehead atoms. The van der Waals surface area contributed by atoms with Crippen molar-refractivity contribution in [3.8, 4) is 0 Å². The fraction of sp³-hybridized carbons (Fsp3) is 1.00. The number of likely N-dealkylation sites (tertiary alicyclic amines) is 1. The summed E-state index contributed by atoms with van der Waals surface area (Å²) in [6.07, 6.45) is 7.03. The Hall–Kier alpha value is -0.0800. The van der Waals surface area contributed by atoms with Crippen LogP contribution in [0.25, 0.3) is 0 Å². The van der Waals surface area contributed by atoms with Crippen LogP contribution in [-0.4, -0.2) is 36.6 Å². The molecule has 2 fully saturated rings. The van der Waals surface area contributed by atoms with E-state index in [1.54, 1.807) is 0 Å². The molecule has 1 aliphatic heterocycles. The molecule has 1 unspecified atom stereocenters. The second-order valence-electron chi connectivity index (χ2n) is 6.38. The van der Waals surface area contributed by atoms with E-state index in [1.165, 1.54) is 51.7 Å². The molecule has 1 saturated carbocycles. The Morgan fingerprint density at radius 3 is 2.24 bits per heavy atom. The van der Waals surface area contributed by atoms with E-state index in [1.807, 2.05) is 0 Å². The van der Waals surface area contributed by atoms with Crippen LogP contribution < -0.4 is 5.32 Å². The minimum Gasteiger partial charge on any atom is -0.312 e. The van der Waals surface area contributed by atoms with Crippen molar-refractivity contribution in [3.05, 3.63) is 0 Å². The van der Waals surface area contributed by atoms with E-state index in [9.17, 15) is 0 Å². The molecule has 2 aliphatic rings. The quantitative estimate of drug-likeness (QED) is 0.765. The van der Waals surface area contributed by atoms with Crippen LogP contribution in [-0.2, 0) is 0 Å². The van der Waals surface area contributed by atoms with E-state index in [0.717, 1.165) is 23.9 Å². The monoisotopic (exact) mass is 238 g/mol. The molecular formula is C15H30N2. The van der Waals surface area contributed by atoms with Crippen molar-refractivity contribution >= 4 is 0 Å². The van der Waals surface area contributed by atoms with Crippen LogP contribution in [0.15, 0.2) is 0 Å². The molecule has 0 aromatic heterocycles. The summed E-state index contributed by atoms with van der Waals surface area (Å²) in [4.78, 5) is 2.74. The zero-order chi connectivity index (χ0) is 12.3. The van der Waals surface area contributed by atoms with Crippen LogP contribution in [0.3, 0.4) is 0 Å². The molecular weight excluding hydrogens is 208 g/mol. The van der Waals surface area contributed by atoms with Crippen molar-refractivity contribution in [2.45, 2.75) is 65.0 Å². The van der Waals surface area contributed by atoms with Gasteiger partial charge in [0.15, 0.2) is 0 Å². The van der Waals surface area contributed by atoms with E-state index >= 15 is 0 Å². The normalized spacial score (nSPS) is 25.4. The summed E-state index contributed by atoms with van der Waals surface area (Å²) in [5.74, 6) is 1.77. The summed E-state index contributed by atoms with van der Waals surface area (Å²) >= 11 is 0. The Morgan fingerprint density at radius 2 is 1.76 bits per heavy atom. The molecule has 1 heterocycles. The van der Waals surface area contributed by atoms with Gasteiger partial charge in [-0.1, -0.05) is 27.2 Å². The first-order valence-corrected chi connectivity index (χ1v) is 7.68. The van der Waals surface area contributed by atoms with Gasteiger partial charge < -0.3 is 5.32 Å². The lowest BCUT2D eigenvalue weighted by molar-refractivity contribution is 0.101. The summed E-state index contributed by atoms with van der Waals surface area (Å²) in [7, 11) is 0. The van der Waals surface area contributed by atoms with Crippen LogP contribution in [0.4, 0.5) is 0 Å². The lowest BCUT2D eigenvalue weighted by Gasteiger charge is -2.39. The third kappa shape index (κ3) is 3.96. The summed E-state index contributed by atoms with van der Waals surface area (Å²) < 4.78 is 0. The highest BCUT2D eigenvalue weighted by atomic mass is 15.2. The Balaban J connectivity index is 1.78. The Bertz CT molecular complexity index is 215. The van der Waals surface area contributed by atoms with Crippen LogP contribution in [0.2, 0.25) is 0 Å². The van der Waals surface area contributed by atoms with E-state index in [4.69, 9.17) is 0 Å². The fourth-order valence-electron chi connectivity index (χ4n) is 3.05. The second-order valence-corrected chi connectivity index (χ2v) is 6.38. The molecule has 0 aromatic rings. The minimum atomic E-state index is 0.758. The smallest absolute Gasteiger partial charge is 0.0243 e. The molecule has 2 rings (SSSR count). The molecule has 1 aliphatic carbocycles. The molecule has 1 N–H and O–H groups in total. The van der Waals surface area contributed by atoms with Gasteiger partial charge >= 0.3 is 0 Å². The Morgan fingerprint density at radius 1 is 1.12 bits per heavy atom. The molecule has 0 spiro atoms. The first-order valence-electron chi connectivity index (χ1n) is 7.68. The number of rotatable bonds is 6. The maximum absolute atomic E-state index is 3.72.